The molecule has 1 atom stereocenters. The number of esters is 1. The number of ether oxygens (including phenoxy) is 3. The second-order valence-electron chi connectivity index (χ2n) is 8.24. The van der Waals surface area contributed by atoms with Gasteiger partial charge in [-0.2, -0.15) is 0 Å². The molecule has 0 saturated carbocycles. The highest BCUT2D eigenvalue weighted by Crippen LogP contribution is 2.33. The molecule has 0 N–H and O–H groups in total. The van der Waals surface area contributed by atoms with E-state index in [1.807, 2.05) is 69.3 Å². The van der Waals surface area contributed by atoms with Crippen LogP contribution in [0.1, 0.15) is 44.4 Å². The second-order valence-corrected chi connectivity index (χ2v) is 9.25. The van der Waals surface area contributed by atoms with Crippen LogP contribution in [0.2, 0.25) is 0 Å². The van der Waals surface area contributed by atoms with E-state index in [1.165, 1.54) is 18.4 Å². The maximum atomic E-state index is 13.8. The van der Waals surface area contributed by atoms with E-state index in [0.717, 1.165) is 11.1 Å². The number of para-hydroxylation sites is 1. The molecule has 0 fully saturated rings. The Morgan fingerprint density at radius 2 is 1.89 bits per heavy atom. The molecule has 0 saturated heterocycles. The first kappa shape index (κ1) is 24.5. The minimum Gasteiger partial charge on any atom is -0.493 e. The second kappa shape index (κ2) is 10.3. The molecule has 8 heteroatoms. The Bertz CT molecular complexity index is 1450. The third-order valence-electron chi connectivity index (χ3n) is 5.63. The van der Waals surface area contributed by atoms with Crippen molar-refractivity contribution in [3.8, 4) is 11.5 Å². The van der Waals surface area contributed by atoms with Gasteiger partial charge in [0.15, 0.2) is 16.3 Å². The molecular weight excluding hydrogens is 464 g/mol. The summed E-state index contributed by atoms with van der Waals surface area (Å²) < 4.78 is 18.7. The Morgan fingerprint density at radius 3 is 2.51 bits per heavy atom. The van der Waals surface area contributed by atoms with Crippen molar-refractivity contribution in [3.63, 3.8) is 0 Å². The number of rotatable bonds is 7. The van der Waals surface area contributed by atoms with Gasteiger partial charge in [0, 0.05) is 5.56 Å². The van der Waals surface area contributed by atoms with Crippen LogP contribution in [0, 0.1) is 0 Å². The lowest BCUT2D eigenvalue weighted by molar-refractivity contribution is -0.136. The quantitative estimate of drug-likeness (QED) is 0.471. The van der Waals surface area contributed by atoms with Crippen LogP contribution in [0.4, 0.5) is 0 Å². The SMILES string of the molecule is CCC1=C(C(=O)OC)[C@H](c2ccccc2)n2c(s/c(=C/c3cccc(OC)c3OC(C)C)c2=O)=N1. The number of carbonyl (C=O) groups excluding carboxylic acids is 1. The molecule has 4 rings (SSSR count). The molecule has 1 aliphatic heterocycles. The fourth-order valence-corrected chi connectivity index (χ4v) is 5.14. The van der Waals surface area contributed by atoms with Gasteiger partial charge in [-0.15, -0.1) is 0 Å². The monoisotopic (exact) mass is 492 g/mol. The summed E-state index contributed by atoms with van der Waals surface area (Å²) in [5, 5.41) is 0. The van der Waals surface area contributed by atoms with E-state index in [9.17, 15) is 9.59 Å². The smallest absolute Gasteiger partial charge is 0.338 e. The van der Waals surface area contributed by atoms with Gasteiger partial charge in [0.2, 0.25) is 0 Å². The van der Waals surface area contributed by atoms with Crippen LogP contribution in [-0.4, -0.2) is 30.9 Å². The first-order chi connectivity index (χ1) is 16.9. The highest BCUT2D eigenvalue weighted by molar-refractivity contribution is 7.07. The zero-order valence-corrected chi connectivity index (χ0v) is 21.2. The molecule has 182 valence electrons. The number of hydrogen-bond donors (Lipinski definition) is 0. The molecule has 0 aliphatic carbocycles. The van der Waals surface area contributed by atoms with E-state index in [-0.39, 0.29) is 11.7 Å². The Hall–Kier alpha value is -3.65. The number of aromatic nitrogens is 1. The predicted molar refractivity (Wildman–Crippen MR) is 136 cm³/mol. The van der Waals surface area contributed by atoms with Gasteiger partial charge in [-0.25, -0.2) is 9.79 Å². The van der Waals surface area contributed by atoms with Crippen LogP contribution in [-0.2, 0) is 9.53 Å². The van der Waals surface area contributed by atoms with Crippen molar-refractivity contribution in [2.75, 3.05) is 14.2 Å². The third-order valence-corrected chi connectivity index (χ3v) is 6.62. The van der Waals surface area contributed by atoms with E-state index in [0.29, 0.717) is 38.5 Å². The normalized spacial score (nSPS) is 15.6. The first-order valence-electron chi connectivity index (χ1n) is 11.4. The highest BCUT2D eigenvalue weighted by Gasteiger charge is 2.33. The molecule has 0 amide bonds. The molecule has 7 nitrogen and oxygen atoms in total. The summed E-state index contributed by atoms with van der Waals surface area (Å²) >= 11 is 1.28. The van der Waals surface area contributed by atoms with Crippen molar-refractivity contribution in [1.82, 2.24) is 4.57 Å². The molecular formula is C27H28N2O5S. The van der Waals surface area contributed by atoms with Gasteiger partial charge in [0.25, 0.3) is 5.56 Å². The lowest BCUT2D eigenvalue weighted by atomic mass is 9.95. The molecule has 2 heterocycles. The zero-order chi connectivity index (χ0) is 25.1. The van der Waals surface area contributed by atoms with E-state index >= 15 is 0 Å². The number of nitrogens with zero attached hydrogens (tertiary/aromatic N) is 2. The van der Waals surface area contributed by atoms with Crippen molar-refractivity contribution in [2.45, 2.75) is 39.3 Å². The molecule has 0 spiro atoms. The summed E-state index contributed by atoms with van der Waals surface area (Å²) in [6, 6.07) is 14.4. The predicted octanol–water partition coefficient (Wildman–Crippen LogP) is 3.59. The van der Waals surface area contributed by atoms with Crippen LogP contribution in [0.15, 0.2) is 69.6 Å². The fraction of sp³-hybridized carbons (Fsp3) is 0.296. The van der Waals surface area contributed by atoms with Crippen LogP contribution < -0.4 is 24.4 Å². The van der Waals surface area contributed by atoms with Crippen molar-refractivity contribution in [1.29, 1.82) is 0 Å². The number of carbonyl (C=O) groups is 1. The first-order valence-corrected chi connectivity index (χ1v) is 12.2. The maximum Gasteiger partial charge on any atom is 0.338 e. The van der Waals surface area contributed by atoms with Crippen LogP contribution >= 0.6 is 11.3 Å². The van der Waals surface area contributed by atoms with E-state index in [2.05, 4.69) is 0 Å². The zero-order valence-electron chi connectivity index (χ0n) is 20.4. The molecule has 0 bridgehead atoms. The van der Waals surface area contributed by atoms with Crippen molar-refractivity contribution in [3.05, 3.63) is 90.6 Å². The van der Waals surface area contributed by atoms with Crippen LogP contribution in [0.5, 0.6) is 11.5 Å². The Labute approximate surface area is 207 Å². The lowest BCUT2D eigenvalue weighted by Gasteiger charge is -2.25. The van der Waals surface area contributed by atoms with E-state index < -0.39 is 12.0 Å². The summed E-state index contributed by atoms with van der Waals surface area (Å²) in [4.78, 5) is 31.9. The lowest BCUT2D eigenvalue weighted by Crippen LogP contribution is -2.40. The largest absolute Gasteiger partial charge is 0.493 e. The molecule has 35 heavy (non-hydrogen) atoms. The molecule has 0 radical (unpaired) electrons. The van der Waals surface area contributed by atoms with Gasteiger partial charge in [0.05, 0.1) is 42.2 Å². The Balaban J connectivity index is 1.99. The maximum absolute atomic E-state index is 13.8. The number of allylic oxidation sites excluding steroid dienone is 1. The van der Waals surface area contributed by atoms with Crippen molar-refractivity contribution in [2.24, 2.45) is 4.99 Å². The summed E-state index contributed by atoms with van der Waals surface area (Å²) in [5.41, 5.74) is 2.29. The number of thiazole rings is 1. The molecule has 2 aromatic carbocycles. The molecule has 1 aromatic heterocycles. The fourth-order valence-electron chi connectivity index (χ4n) is 4.13. The summed E-state index contributed by atoms with van der Waals surface area (Å²) in [6.07, 6.45) is 2.24. The molecule has 3 aromatic rings. The summed E-state index contributed by atoms with van der Waals surface area (Å²) in [6.45, 7) is 5.80. The average molecular weight is 493 g/mol. The average Bonchev–Trinajstić information content (AvgIpc) is 3.18. The molecule has 1 aliphatic rings. The third kappa shape index (κ3) is 4.66. The minimum atomic E-state index is -0.631. The van der Waals surface area contributed by atoms with Gasteiger partial charge in [0.1, 0.15) is 0 Å². The highest BCUT2D eigenvalue weighted by atomic mass is 32.1. The van der Waals surface area contributed by atoms with Crippen molar-refractivity contribution < 1.29 is 19.0 Å². The molecule has 0 unspecified atom stereocenters. The number of benzene rings is 2. The Morgan fingerprint density at radius 1 is 1.14 bits per heavy atom. The number of fused-ring (bicyclic) bond motifs is 1. The topological polar surface area (TPSA) is 79.1 Å². The van der Waals surface area contributed by atoms with Gasteiger partial charge in [-0.05, 0) is 38.0 Å². The number of hydrogen-bond acceptors (Lipinski definition) is 7. The van der Waals surface area contributed by atoms with Gasteiger partial charge in [-0.3, -0.25) is 9.36 Å². The standard InChI is InChI=1S/C27H28N2O5S/c1-6-19-22(26(31)33-5)23(17-11-8-7-9-12-17)29-25(30)21(35-27(29)28-19)15-18-13-10-14-20(32-4)24(18)34-16(2)3/h7-16,23H,6H2,1-5H3/b21-15+/t23-/m0/s1. The van der Waals surface area contributed by atoms with Crippen molar-refractivity contribution >= 4 is 23.4 Å². The minimum absolute atomic E-state index is 0.0764. The van der Waals surface area contributed by atoms with E-state index in [1.54, 1.807) is 17.8 Å². The van der Waals surface area contributed by atoms with Gasteiger partial charge < -0.3 is 14.2 Å². The van der Waals surface area contributed by atoms with Gasteiger partial charge >= 0.3 is 5.97 Å². The Kier molecular flexibility index (Phi) is 7.21. The summed E-state index contributed by atoms with van der Waals surface area (Å²) in [7, 11) is 2.93. The van der Waals surface area contributed by atoms with E-state index in [4.69, 9.17) is 19.2 Å². The van der Waals surface area contributed by atoms with Crippen LogP contribution in [0.3, 0.4) is 0 Å². The number of methoxy groups -OCH3 is 2. The summed E-state index contributed by atoms with van der Waals surface area (Å²) in [5.74, 6) is 0.665. The van der Waals surface area contributed by atoms with Gasteiger partial charge in [-0.1, -0.05) is 60.7 Å². The van der Waals surface area contributed by atoms with Crippen LogP contribution in [0.25, 0.3) is 6.08 Å².